The van der Waals surface area contributed by atoms with Crippen molar-refractivity contribution in [2.75, 3.05) is 4.90 Å². The summed E-state index contributed by atoms with van der Waals surface area (Å²) in [5, 5.41) is 9.09. The highest BCUT2D eigenvalue weighted by atomic mass is 16.4. The minimum absolute atomic E-state index is 0.0828. The quantitative estimate of drug-likeness (QED) is 0.803. The molecule has 0 aromatic carbocycles. The van der Waals surface area contributed by atoms with E-state index in [1.54, 1.807) is 0 Å². The number of nitrogens with zero attached hydrogens (tertiary/aromatic N) is 2. The van der Waals surface area contributed by atoms with Crippen molar-refractivity contribution in [2.24, 2.45) is 11.8 Å². The number of anilines is 1. The highest BCUT2D eigenvalue weighted by Crippen LogP contribution is 2.41. The lowest BCUT2D eigenvalue weighted by Crippen LogP contribution is -2.33. The van der Waals surface area contributed by atoms with Crippen molar-refractivity contribution in [3.05, 3.63) is 24.0 Å². The number of aromatic nitrogens is 1. The Labute approximate surface area is 109 Å². The maximum Gasteiger partial charge on any atom is 0.356 e. The second-order valence-corrected chi connectivity index (χ2v) is 4.83. The van der Waals surface area contributed by atoms with E-state index in [4.69, 9.17) is 5.11 Å². The molecule has 2 heterocycles. The van der Waals surface area contributed by atoms with Crippen LogP contribution in [0.3, 0.4) is 0 Å². The molecule has 2 amide bonds. The van der Waals surface area contributed by atoms with Crippen LogP contribution in [0.4, 0.5) is 5.69 Å². The van der Waals surface area contributed by atoms with Crippen molar-refractivity contribution in [1.82, 2.24) is 4.98 Å². The Hall–Kier alpha value is -2.24. The number of rotatable bonds is 2. The number of carboxylic acid groups (broad SMARTS) is 1. The third-order valence-corrected chi connectivity index (χ3v) is 3.82. The lowest BCUT2D eigenvalue weighted by molar-refractivity contribution is -0.122. The van der Waals surface area contributed by atoms with Crippen LogP contribution in [0.25, 0.3) is 0 Å². The van der Waals surface area contributed by atoms with Gasteiger partial charge in [0.25, 0.3) is 0 Å². The lowest BCUT2D eigenvalue weighted by atomic mass is 10.00. The van der Waals surface area contributed by atoms with Crippen LogP contribution in [-0.4, -0.2) is 27.9 Å². The van der Waals surface area contributed by atoms with Gasteiger partial charge in [-0.1, -0.05) is 6.42 Å². The van der Waals surface area contributed by atoms with Gasteiger partial charge in [-0.3, -0.25) is 9.59 Å². The first-order valence-corrected chi connectivity index (χ1v) is 6.17. The molecule has 0 radical (unpaired) electrons. The fraction of sp³-hybridized carbons (Fsp3) is 0.385. The zero-order chi connectivity index (χ0) is 13.6. The summed E-state index contributed by atoms with van der Waals surface area (Å²) in [7, 11) is 0. The van der Waals surface area contributed by atoms with Gasteiger partial charge in [-0.2, -0.15) is 0 Å². The highest BCUT2D eigenvalue weighted by Gasteiger charge is 2.51. The SMILES string of the molecule is O=C(O)c1ncccc1N1C(=O)C2CCCC2C1=O. The summed E-state index contributed by atoms with van der Waals surface area (Å²) in [5.41, 5.74) is -0.177. The molecular formula is C13H12N2O4. The van der Waals surface area contributed by atoms with E-state index >= 15 is 0 Å². The highest BCUT2D eigenvalue weighted by molar-refractivity contribution is 6.23. The van der Waals surface area contributed by atoms with Crippen LogP contribution in [0.15, 0.2) is 18.3 Å². The van der Waals surface area contributed by atoms with E-state index in [1.807, 2.05) is 0 Å². The van der Waals surface area contributed by atoms with Crippen LogP contribution >= 0.6 is 0 Å². The van der Waals surface area contributed by atoms with Crippen molar-refractivity contribution >= 4 is 23.5 Å². The molecule has 1 saturated heterocycles. The number of pyridine rings is 1. The Bertz CT molecular complexity index is 562. The van der Waals surface area contributed by atoms with E-state index in [1.165, 1.54) is 18.3 Å². The Kier molecular flexibility index (Phi) is 2.58. The first kappa shape index (κ1) is 11.8. The first-order valence-electron chi connectivity index (χ1n) is 6.17. The van der Waals surface area contributed by atoms with Crippen LogP contribution in [0.1, 0.15) is 29.8 Å². The van der Waals surface area contributed by atoms with Crippen LogP contribution in [0.5, 0.6) is 0 Å². The predicted octanol–water partition coefficient (Wildman–Crippen LogP) is 1.07. The number of carbonyl (C=O) groups excluding carboxylic acids is 2. The number of carbonyl (C=O) groups is 3. The zero-order valence-electron chi connectivity index (χ0n) is 10.1. The second-order valence-electron chi connectivity index (χ2n) is 4.83. The second kappa shape index (κ2) is 4.15. The molecule has 19 heavy (non-hydrogen) atoms. The minimum atomic E-state index is -1.24. The lowest BCUT2D eigenvalue weighted by Gasteiger charge is -2.17. The molecule has 1 saturated carbocycles. The topological polar surface area (TPSA) is 87.6 Å². The summed E-state index contributed by atoms with van der Waals surface area (Å²) in [6.07, 6.45) is 3.61. The summed E-state index contributed by atoms with van der Waals surface area (Å²) >= 11 is 0. The molecule has 6 nitrogen and oxygen atoms in total. The van der Waals surface area contributed by atoms with Gasteiger partial charge < -0.3 is 5.11 Å². The molecule has 6 heteroatoms. The van der Waals surface area contributed by atoms with Gasteiger partial charge in [0.05, 0.1) is 17.5 Å². The molecular weight excluding hydrogens is 248 g/mol. The smallest absolute Gasteiger partial charge is 0.356 e. The van der Waals surface area contributed by atoms with Gasteiger partial charge in [-0.25, -0.2) is 14.7 Å². The van der Waals surface area contributed by atoms with E-state index in [0.29, 0.717) is 12.8 Å². The average Bonchev–Trinajstić information content (AvgIpc) is 2.95. The number of carboxylic acids is 1. The van der Waals surface area contributed by atoms with Gasteiger partial charge in [-0.05, 0) is 25.0 Å². The van der Waals surface area contributed by atoms with Crippen molar-refractivity contribution in [3.63, 3.8) is 0 Å². The number of aromatic carboxylic acids is 1. The van der Waals surface area contributed by atoms with Crippen molar-refractivity contribution in [2.45, 2.75) is 19.3 Å². The molecule has 2 aliphatic rings. The maximum atomic E-state index is 12.3. The molecule has 3 rings (SSSR count). The Morgan fingerprint density at radius 1 is 1.26 bits per heavy atom. The van der Waals surface area contributed by atoms with E-state index in [2.05, 4.69) is 4.98 Å². The molecule has 0 bridgehead atoms. The number of hydrogen-bond acceptors (Lipinski definition) is 4. The zero-order valence-corrected chi connectivity index (χ0v) is 10.1. The largest absolute Gasteiger partial charge is 0.476 e. The predicted molar refractivity (Wildman–Crippen MR) is 64.5 cm³/mol. The van der Waals surface area contributed by atoms with Gasteiger partial charge >= 0.3 is 5.97 Å². The summed E-state index contributed by atoms with van der Waals surface area (Å²) in [4.78, 5) is 40.4. The summed E-state index contributed by atoms with van der Waals surface area (Å²) < 4.78 is 0. The molecule has 1 N–H and O–H groups in total. The fourth-order valence-corrected chi connectivity index (χ4v) is 2.97. The van der Waals surface area contributed by atoms with E-state index in [9.17, 15) is 14.4 Å². The van der Waals surface area contributed by atoms with E-state index in [-0.39, 0.29) is 35.0 Å². The summed E-state index contributed by atoms with van der Waals surface area (Å²) in [6, 6.07) is 2.98. The molecule has 2 unspecified atom stereocenters. The Morgan fingerprint density at radius 3 is 2.47 bits per heavy atom. The van der Waals surface area contributed by atoms with Gasteiger partial charge in [0.15, 0.2) is 5.69 Å². The average molecular weight is 260 g/mol. The first-order chi connectivity index (χ1) is 9.11. The van der Waals surface area contributed by atoms with Gasteiger partial charge in [-0.15, -0.1) is 0 Å². The standard InChI is InChI=1S/C13H12N2O4/c16-11-7-3-1-4-8(7)12(17)15(11)9-5-2-6-14-10(9)13(18)19/h2,5-8H,1,3-4H2,(H,18,19). The normalized spacial score (nSPS) is 25.8. The van der Waals surface area contributed by atoms with Crippen LogP contribution in [0.2, 0.25) is 0 Å². The molecule has 1 aliphatic carbocycles. The number of imide groups is 1. The minimum Gasteiger partial charge on any atom is -0.476 e. The number of amides is 2. The van der Waals surface area contributed by atoms with Crippen molar-refractivity contribution < 1.29 is 19.5 Å². The van der Waals surface area contributed by atoms with Crippen LogP contribution in [0, 0.1) is 11.8 Å². The molecule has 98 valence electrons. The van der Waals surface area contributed by atoms with Gasteiger partial charge in [0.1, 0.15) is 0 Å². The van der Waals surface area contributed by atoms with E-state index < -0.39 is 5.97 Å². The summed E-state index contributed by atoms with van der Waals surface area (Å²) in [6.45, 7) is 0. The number of fused-ring (bicyclic) bond motifs is 1. The fourth-order valence-electron chi connectivity index (χ4n) is 2.97. The van der Waals surface area contributed by atoms with E-state index in [0.717, 1.165) is 11.3 Å². The van der Waals surface area contributed by atoms with Gasteiger partial charge in [0.2, 0.25) is 11.8 Å². The Balaban J connectivity index is 2.06. The molecule has 1 aromatic heterocycles. The summed E-state index contributed by atoms with van der Waals surface area (Å²) in [5.74, 6) is -2.39. The molecule has 1 aromatic rings. The van der Waals surface area contributed by atoms with Crippen molar-refractivity contribution in [3.8, 4) is 0 Å². The maximum absolute atomic E-state index is 12.3. The monoisotopic (exact) mass is 260 g/mol. The Morgan fingerprint density at radius 2 is 1.89 bits per heavy atom. The van der Waals surface area contributed by atoms with Crippen LogP contribution in [-0.2, 0) is 9.59 Å². The van der Waals surface area contributed by atoms with Crippen LogP contribution < -0.4 is 4.90 Å². The number of hydrogen-bond donors (Lipinski definition) is 1. The molecule has 1 aliphatic heterocycles. The molecule has 2 atom stereocenters. The third-order valence-electron chi connectivity index (χ3n) is 3.82. The van der Waals surface area contributed by atoms with Gasteiger partial charge in [0, 0.05) is 6.20 Å². The van der Waals surface area contributed by atoms with Crippen molar-refractivity contribution in [1.29, 1.82) is 0 Å². The molecule has 0 spiro atoms. The molecule has 2 fully saturated rings. The third kappa shape index (κ3) is 1.63.